The Labute approximate surface area is 166 Å². The molecule has 1 atom stereocenters. The van der Waals surface area contributed by atoms with Gasteiger partial charge in [0.25, 0.3) is 11.8 Å². The lowest BCUT2D eigenvalue weighted by Gasteiger charge is -2.44. The molecule has 158 valence electrons. The molecule has 0 radical (unpaired) electrons. The minimum atomic E-state index is -3.19. The van der Waals surface area contributed by atoms with Crippen molar-refractivity contribution < 1.29 is 27.5 Å². The van der Waals surface area contributed by atoms with Gasteiger partial charge in [0.15, 0.2) is 0 Å². The molecule has 3 fully saturated rings. The zero-order valence-corrected chi connectivity index (χ0v) is 16.0. The average Bonchev–Trinajstić information content (AvgIpc) is 3.38. The number of ether oxygens (including phenoxy) is 1. The second-order valence-electron chi connectivity index (χ2n) is 8.46. The number of nitrogens with two attached hydrogens (primary N) is 1. The molecular formula is C19H23F3N4O3. The molecule has 0 aromatic carbocycles. The molecule has 1 aliphatic carbocycles. The first-order chi connectivity index (χ1) is 13.5. The van der Waals surface area contributed by atoms with Gasteiger partial charge in [0, 0.05) is 6.42 Å². The van der Waals surface area contributed by atoms with Gasteiger partial charge in [0.2, 0.25) is 11.8 Å². The number of hydrogen-bond donors (Lipinski definition) is 1. The van der Waals surface area contributed by atoms with E-state index in [4.69, 9.17) is 10.5 Å². The summed E-state index contributed by atoms with van der Waals surface area (Å²) in [6.45, 7) is 1.36. The lowest BCUT2D eigenvalue weighted by Crippen LogP contribution is -2.57. The highest BCUT2D eigenvalue weighted by Crippen LogP contribution is 2.38. The SMILES string of the molecule is CC1(F)CN(c2ccc(C(=O)N3CC(F)(F)CC3C(N)=O)nc2OCC2CC2)C1. The second kappa shape index (κ2) is 6.77. The zero-order chi connectivity index (χ0) is 21.0. The minimum absolute atomic E-state index is 0.118. The number of alkyl halides is 3. The highest BCUT2D eigenvalue weighted by molar-refractivity contribution is 5.97. The van der Waals surface area contributed by atoms with Crippen molar-refractivity contribution in [2.45, 2.75) is 43.8 Å². The third kappa shape index (κ3) is 4.11. The van der Waals surface area contributed by atoms with Crippen molar-refractivity contribution in [3.8, 4) is 5.88 Å². The van der Waals surface area contributed by atoms with Gasteiger partial charge in [-0.05, 0) is 37.8 Å². The number of carbonyl (C=O) groups is 2. The Kier molecular flexibility index (Phi) is 4.62. The smallest absolute Gasteiger partial charge is 0.273 e. The van der Waals surface area contributed by atoms with Gasteiger partial charge in [0.1, 0.15) is 23.1 Å². The van der Waals surface area contributed by atoms with Crippen molar-refractivity contribution >= 4 is 17.5 Å². The van der Waals surface area contributed by atoms with Crippen LogP contribution in [0.2, 0.25) is 0 Å². The summed E-state index contributed by atoms with van der Waals surface area (Å²) in [5, 5.41) is 0. The van der Waals surface area contributed by atoms with Crippen LogP contribution in [0.15, 0.2) is 12.1 Å². The summed E-state index contributed by atoms with van der Waals surface area (Å²) in [7, 11) is 0. The molecule has 2 aliphatic heterocycles. The summed E-state index contributed by atoms with van der Waals surface area (Å²) in [6, 6.07) is 1.56. The fourth-order valence-corrected chi connectivity index (χ4v) is 3.73. The molecule has 2 amide bonds. The Morgan fingerprint density at radius 1 is 1.24 bits per heavy atom. The molecule has 2 saturated heterocycles. The van der Waals surface area contributed by atoms with Crippen molar-refractivity contribution in [3.63, 3.8) is 0 Å². The highest BCUT2D eigenvalue weighted by atomic mass is 19.3. The van der Waals surface area contributed by atoms with Crippen LogP contribution < -0.4 is 15.4 Å². The van der Waals surface area contributed by atoms with Gasteiger partial charge in [-0.1, -0.05) is 0 Å². The van der Waals surface area contributed by atoms with Crippen molar-refractivity contribution in [1.29, 1.82) is 0 Å². The average molecular weight is 412 g/mol. The number of nitrogens with zero attached hydrogens (tertiary/aromatic N) is 3. The first kappa shape index (κ1) is 19.8. The standard InChI is InChI=1S/C19H23F3N4O3/c1-18(20)8-25(9-18)13-5-4-12(24-16(13)29-7-11-2-3-11)17(28)26-10-19(21,22)6-14(26)15(23)27/h4-5,11,14H,2-3,6-10H2,1H3,(H2,23,27). The first-order valence-electron chi connectivity index (χ1n) is 9.60. The molecule has 0 bridgehead atoms. The molecular weight excluding hydrogens is 389 g/mol. The Morgan fingerprint density at radius 2 is 1.93 bits per heavy atom. The molecule has 3 aliphatic rings. The number of pyridine rings is 1. The lowest BCUT2D eigenvalue weighted by atomic mass is 9.98. The number of likely N-dealkylation sites (tertiary alicyclic amines) is 1. The largest absolute Gasteiger partial charge is 0.476 e. The number of halogens is 3. The number of anilines is 1. The van der Waals surface area contributed by atoms with Crippen LogP contribution in [-0.4, -0.2) is 65.6 Å². The van der Waals surface area contributed by atoms with Crippen LogP contribution in [0.4, 0.5) is 18.9 Å². The van der Waals surface area contributed by atoms with Gasteiger partial charge >= 0.3 is 0 Å². The van der Waals surface area contributed by atoms with E-state index in [0.29, 0.717) is 18.2 Å². The van der Waals surface area contributed by atoms with Crippen molar-refractivity contribution in [1.82, 2.24) is 9.88 Å². The Morgan fingerprint density at radius 3 is 2.52 bits per heavy atom. The molecule has 0 spiro atoms. The highest BCUT2D eigenvalue weighted by Gasteiger charge is 2.50. The maximum absolute atomic E-state index is 13.9. The summed E-state index contributed by atoms with van der Waals surface area (Å²) in [5.74, 6) is -4.40. The van der Waals surface area contributed by atoms with E-state index in [1.54, 1.807) is 11.0 Å². The van der Waals surface area contributed by atoms with E-state index in [1.165, 1.54) is 13.0 Å². The monoisotopic (exact) mass is 412 g/mol. The molecule has 1 saturated carbocycles. The fraction of sp³-hybridized carbons (Fsp3) is 0.632. The molecule has 1 unspecified atom stereocenters. The van der Waals surface area contributed by atoms with Crippen LogP contribution in [0.25, 0.3) is 0 Å². The number of amides is 2. The topological polar surface area (TPSA) is 88.8 Å². The van der Waals surface area contributed by atoms with Crippen LogP contribution in [-0.2, 0) is 4.79 Å². The molecule has 1 aromatic rings. The lowest BCUT2D eigenvalue weighted by molar-refractivity contribution is -0.121. The second-order valence-corrected chi connectivity index (χ2v) is 8.46. The molecule has 3 heterocycles. The first-order valence-corrected chi connectivity index (χ1v) is 9.60. The van der Waals surface area contributed by atoms with Crippen LogP contribution in [0.3, 0.4) is 0 Å². The van der Waals surface area contributed by atoms with Crippen molar-refractivity contribution in [2.75, 3.05) is 31.1 Å². The van der Waals surface area contributed by atoms with Gasteiger partial charge in [-0.25, -0.2) is 18.2 Å². The Hall–Kier alpha value is -2.52. The predicted molar refractivity (Wildman–Crippen MR) is 97.8 cm³/mol. The van der Waals surface area contributed by atoms with E-state index in [9.17, 15) is 22.8 Å². The Balaban J connectivity index is 1.58. The third-order valence-electron chi connectivity index (χ3n) is 5.45. The van der Waals surface area contributed by atoms with Crippen molar-refractivity contribution in [2.24, 2.45) is 11.7 Å². The molecule has 1 aromatic heterocycles. The van der Waals surface area contributed by atoms with Crippen LogP contribution in [0.5, 0.6) is 5.88 Å². The van der Waals surface area contributed by atoms with Gasteiger partial charge in [-0.15, -0.1) is 0 Å². The number of carbonyl (C=O) groups excluding carboxylic acids is 2. The van der Waals surface area contributed by atoms with Crippen LogP contribution in [0, 0.1) is 5.92 Å². The van der Waals surface area contributed by atoms with E-state index in [-0.39, 0.29) is 24.7 Å². The molecule has 2 N–H and O–H groups in total. The summed E-state index contributed by atoms with van der Waals surface area (Å²) in [5.41, 5.74) is 4.33. The summed E-state index contributed by atoms with van der Waals surface area (Å²) in [6.07, 6.45) is 1.28. The summed E-state index contributed by atoms with van der Waals surface area (Å²) < 4.78 is 47.3. The third-order valence-corrected chi connectivity index (χ3v) is 5.45. The Bertz CT molecular complexity index is 836. The van der Waals surface area contributed by atoms with Gasteiger partial charge in [0.05, 0.1) is 26.2 Å². The normalized spacial score (nSPS) is 24.9. The van der Waals surface area contributed by atoms with Crippen LogP contribution in [0.1, 0.15) is 36.7 Å². The van der Waals surface area contributed by atoms with Gasteiger partial charge in [-0.2, -0.15) is 0 Å². The van der Waals surface area contributed by atoms with E-state index >= 15 is 0 Å². The van der Waals surface area contributed by atoms with Crippen LogP contribution >= 0.6 is 0 Å². The fourth-order valence-electron chi connectivity index (χ4n) is 3.73. The predicted octanol–water partition coefficient (Wildman–Crippen LogP) is 1.75. The molecule has 29 heavy (non-hydrogen) atoms. The summed E-state index contributed by atoms with van der Waals surface area (Å²) in [4.78, 5) is 31.1. The maximum atomic E-state index is 13.9. The zero-order valence-electron chi connectivity index (χ0n) is 16.0. The van der Waals surface area contributed by atoms with E-state index in [1.807, 2.05) is 0 Å². The molecule has 10 heteroatoms. The van der Waals surface area contributed by atoms with Gasteiger partial charge < -0.3 is 20.3 Å². The minimum Gasteiger partial charge on any atom is -0.476 e. The van der Waals surface area contributed by atoms with E-state index in [2.05, 4.69) is 4.98 Å². The number of rotatable bonds is 6. The number of hydrogen-bond acceptors (Lipinski definition) is 5. The summed E-state index contributed by atoms with van der Waals surface area (Å²) >= 11 is 0. The molecule has 7 nitrogen and oxygen atoms in total. The van der Waals surface area contributed by atoms with E-state index in [0.717, 1.165) is 17.7 Å². The van der Waals surface area contributed by atoms with E-state index < -0.39 is 42.4 Å². The maximum Gasteiger partial charge on any atom is 0.273 e. The number of aromatic nitrogens is 1. The quantitative estimate of drug-likeness (QED) is 0.769. The number of primary amides is 1. The van der Waals surface area contributed by atoms with Gasteiger partial charge in [-0.3, -0.25) is 9.59 Å². The molecule has 4 rings (SSSR count). The van der Waals surface area contributed by atoms with Crippen molar-refractivity contribution in [3.05, 3.63) is 17.8 Å².